The minimum atomic E-state index is -0.680. The third-order valence-electron chi connectivity index (χ3n) is 4.23. The van der Waals surface area contributed by atoms with Crippen LogP contribution in [0.1, 0.15) is 22.3 Å². The van der Waals surface area contributed by atoms with Gasteiger partial charge in [0.1, 0.15) is 0 Å². The van der Waals surface area contributed by atoms with Crippen LogP contribution in [0.4, 0.5) is 11.4 Å². The summed E-state index contributed by atoms with van der Waals surface area (Å²) in [6, 6.07) is 20.0. The fourth-order valence-electron chi connectivity index (χ4n) is 2.79. The molecule has 0 aliphatic carbocycles. The molecule has 30 heavy (non-hydrogen) atoms. The van der Waals surface area contributed by atoms with Crippen molar-refractivity contribution < 1.29 is 9.85 Å². The van der Waals surface area contributed by atoms with E-state index in [1.165, 1.54) is 18.2 Å². The summed E-state index contributed by atoms with van der Waals surface area (Å²) in [5, 5.41) is 23.6. The Kier molecular flexibility index (Phi) is 6.61. The maximum atomic E-state index is 11.5. The molecule has 0 saturated carbocycles. The van der Waals surface area contributed by atoms with Gasteiger partial charge in [0.15, 0.2) is 0 Å². The predicted octanol–water partition coefficient (Wildman–Crippen LogP) is 6.98. The molecule has 3 rings (SSSR count). The van der Waals surface area contributed by atoms with E-state index < -0.39 is 21.2 Å². The van der Waals surface area contributed by atoms with Gasteiger partial charge in [-0.05, 0) is 29.3 Å². The average molecular weight is 441 g/mol. The number of nitro groups is 2. The maximum Gasteiger partial charge on any atom is 0.283 e. The van der Waals surface area contributed by atoms with Crippen LogP contribution in [-0.2, 0) is 0 Å². The molecule has 0 radical (unpaired) electrons. The smallest absolute Gasteiger partial charge is 0.258 e. The molecule has 0 N–H and O–H groups in total. The first kappa shape index (κ1) is 21.2. The quantitative estimate of drug-likeness (QED) is 0.235. The molecule has 0 amide bonds. The van der Waals surface area contributed by atoms with E-state index in [1.54, 1.807) is 48.5 Å². The van der Waals surface area contributed by atoms with Gasteiger partial charge < -0.3 is 0 Å². The molecule has 6 nitrogen and oxygen atoms in total. The van der Waals surface area contributed by atoms with Crippen LogP contribution in [-0.4, -0.2) is 9.85 Å². The summed E-state index contributed by atoms with van der Waals surface area (Å²) in [6.07, 6.45) is 2.82. The molecule has 0 unspecified atom stereocenters. The molecule has 150 valence electrons. The number of hydrogen-bond donors (Lipinski definition) is 0. The molecule has 0 aliphatic heterocycles. The molecule has 3 aromatic rings. The lowest BCUT2D eigenvalue weighted by molar-refractivity contribution is -0.394. The van der Waals surface area contributed by atoms with Crippen LogP contribution in [0.5, 0.6) is 0 Å². The lowest BCUT2D eigenvalue weighted by Gasteiger charge is -2.05. The SMILES string of the molecule is O=[N+]([O-])c1cc([N+](=O)[O-])c(/C=C(\Cl)c2ccccc2)cc1/C=C(\Cl)c1ccccc1. The lowest BCUT2D eigenvalue weighted by atomic mass is 10.0. The van der Waals surface area contributed by atoms with Crippen LogP contribution in [0.2, 0.25) is 0 Å². The standard InChI is InChI=1S/C22H14Cl2N2O4/c23-19(15-7-3-1-4-8-15)12-17-11-18(13-20(24)16-9-5-2-6-10-16)22(26(29)30)14-21(17)25(27)28/h1-14H/b19-12-,20-13-. The van der Waals surface area contributed by atoms with Gasteiger partial charge in [0, 0.05) is 10.1 Å². The normalized spacial score (nSPS) is 11.9. The largest absolute Gasteiger partial charge is 0.283 e. The van der Waals surface area contributed by atoms with Gasteiger partial charge in [-0.3, -0.25) is 20.2 Å². The molecule has 0 aliphatic rings. The molecule has 0 fully saturated rings. The van der Waals surface area contributed by atoms with Crippen molar-refractivity contribution in [2.75, 3.05) is 0 Å². The Morgan fingerprint density at radius 3 is 1.37 bits per heavy atom. The van der Waals surface area contributed by atoms with Gasteiger partial charge in [0.2, 0.25) is 0 Å². The Hall–Kier alpha value is -3.48. The molecule has 0 saturated heterocycles. The van der Waals surface area contributed by atoms with E-state index in [4.69, 9.17) is 23.2 Å². The minimum Gasteiger partial charge on any atom is -0.258 e. The van der Waals surface area contributed by atoms with E-state index in [-0.39, 0.29) is 21.2 Å². The highest BCUT2D eigenvalue weighted by Gasteiger charge is 2.23. The summed E-state index contributed by atoms with van der Waals surface area (Å²) >= 11 is 12.7. The second-order valence-electron chi connectivity index (χ2n) is 6.20. The molecule has 0 aromatic heterocycles. The van der Waals surface area contributed by atoms with Crippen molar-refractivity contribution in [1.82, 2.24) is 0 Å². The fraction of sp³-hybridized carbons (Fsp3) is 0. The zero-order chi connectivity index (χ0) is 21.7. The zero-order valence-electron chi connectivity index (χ0n) is 15.4. The third-order valence-corrected chi connectivity index (χ3v) is 4.89. The molecule has 0 spiro atoms. The van der Waals surface area contributed by atoms with Gasteiger partial charge in [0.25, 0.3) is 11.4 Å². The number of halogens is 2. The molecular weight excluding hydrogens is 427 g/mol. The molecule has 0 bridgehead atoms. The van der Waals surface area contributed by atoms with Crippen LogP contribution in [0.3, 0.4) is 0 Å². The summed E-state index contributed by atoms with van der Waals surface area (Å²) < 4.78 is 0. The molecular formula is C22H14Cl2N2O4. The number of rotatable bonds is 6. The van der Waals surface area contributed by atoms with Gasteiger partial charge in [-0.2, -0.15) is 0 Å². The van der Waals surface area contributed by atoms with E-state index in [9.17, 15) is 20.2 Å². The van der Waals surface area contributed by atoms with Gasteiger partial charge in [0.05, 0.1) is 27.0 Å². The second-order valence-corrected chi connectivity index (χ2v) is 7.02. The van der Waals surface area contributed by atoms with E-state index in [1.807, 2.05) is 12.1 Å². The number of nitrogens with zero attached hydrogens (tertiary/aromatic N) is 2. The first-order chi connectivity index (χ1) is 14.4. The Balaban J connectivity index is 2.18. The predicted molar refractivity (Wildman–Crippen MR) is 120 cm³/mol. The van der Waals surface area contributed by atoms with E-state index in [0.717, 1.165) is 6.07 Å². The Bertz CT molecular complexity index is 1070. The Labute approximate surface area is 182 Å². The monoisotopic (exact) mass is 440 g/mol. The summed E-state index contributed by atoms with van der Waals surface area (Å²) in [4.78, 5) is 21.7. The highest BCUT2D eigenvalue weighted by Crippen LogP contribution is 2.35. The van der Waals surface area contributed by atoms with Crippen molar-refractivity contribution in [2.24, 2.45) is 0 Å². The third kappa shape index (κ3) is 4.92. The first-order valence-electron chi connectivity index (χ1n) is 8.69. The number of benzene rings is 3. The van der Waals surface area contributed by atoms with Crippen LogP contribution >= 0.6 is 23.2 Å². The van der Waals surface area contributed by atoms with Crippen LogP contribution < -0.4 is 0 Å². The van der Waals surface area contributed by atoms with Crippen molar-refractivity contribution in [2.45, 2.75) is 0 Å². The molecule has 3 aromatic carbocycles. The van der Waals surface area contributed by atoms with Gasteiger partial charge in [-0.1, -0.05) is 83.9 Å². The molecule has 0 heterocycles. The molecule has 8 heteroatoms. The van der Waals surface area contributed by atoms with Crippen molar-refractivity contribution in [3.8, 4) is 0 Å². The summed E-state index contributed by atoms with van der Waals surface area (Å²) in [7, 11) is 0. The van der Waals surface area contributed by atoms with Gasteiger partial charge in [-0.25, -0.2) is 0 Å². The Morgan fingerprint density at radius 1 is 0.667 bits per heavy atom. The van der Waals surface area contributed by atoms with Crippen molar-refractivity contribution in [3.63, 3.8) is 0 Å². The summed E-state index contributed by atoms with van der Waals surface area (Å²) in [5.41, 5.74) is 0.719. The molecule has 0 atom stereocenters. The van der Waals surface area contributed by atoms with E-state index in [2.05, 4.69) is 0 Å². The minimum absolute atomic E-state index is 0.128. The first-order valence-corrected chi connectivity index (χ1v) is 9.44. The summed E-state index contributed by atoms with van der Waals surface area (Å²) in [5.74, 6) is 0. The van der Waals surface area contributed by atoms with E-state index in [0.29, 0.717) is 11.1 Å². The van der Waals surface area contributed by atoms with E-state index >= 15 is 0 Å². The average Bonchev–Trinajstić information content (AvgIpc) is 2.74. The lowest BCUT2D eigenvalue weighted by Crippen LogP contribution is -1.98. The van der Waals surface area contributed by atoms with Crippen molar-refractivity contribution >= 4 is 56.8 Å². The number of nitro benzene ring substituents is 2. The van der Waals surface area contributed by atoms with Crippen LogP contribution in [0, 0.1) is 20.2 Å². The fourth-order valence-corrected chi connectivity index (χ4v) is 3.28. The highest BCUT2D eigenvalue weighted by molar-refractivity contribution is 6.51. The summed E-state index contributed by atoms with van der Waals surface area (Å²) in [6.45, 7) is 0. The Morgan fingerprint density at radius 2 is 1.03 bits per heavy atom. The van der Waals surface area contributed by atoms with Crippen LogP contribution in [0.15, 0.2) is 72.8 Å². The topological polar surface area (TPSA) is 86.3 Å². The maximum absolute atomic E-state index is 11.5. The number of hydrogen-bond acceptors (Lipinski definition) is 4. The highest BCUT2D eigenvalue weighted by atomic mass is 35.5. The zero-order valence-corrected chi connectivity index (χ0v) is 16.9. The van der Waals surface area contributed by atoms with Crippen molar-refractivity contribution in [3.05, 3.63) is 115 Å². The van der Waals surface area contributed by atoms with Crippen LogP contribution in [0.25, 0.3) is 22.2 Å². The van der Waals surface area contributed by atoms with Gasteiger partial charge >= 0.3 is 0 Å². The second kappa shape index (κ2) is 9.35. The van der Waals surface area contributed by atoms with Gasteiger partial charge in [-0.15, -0.1) is 0 Å². The van der Waals surface area contributed by atoms with Crippen molar-refractivity contribution in [1.29, 1.82) is 0 Å².